The summed E-state index contributed by atoms with van der Waals surface area (Å²) in [5.41, 5.74) is 1.95. The van der Waals surface area contributed by atoms with E-state index in [4.69, 9.17) is 11.6 Å². The Kier molecular flexibility index (Phi) is 3.46. The Hall–Kier alpha value is -0.610. The lowest BCUT2D eigenvalue weighted by molar-refractivity contribution is 0.762. The molecule has 0 unspecified atom stereocenters. The minimum Gasteiger partial charge on any atom is -0.318 e. The highest BCUT2D eigenvalue weighted by molar-refractivity contribution is 9.10. The van der Waals surface area contributed by atoms with E-state index in [0.29, 0.717) is 11.1 Å². The Morgan fingerprint density at radius 1 is 1.35 bits per heavy atom. The average molecular weight is 317 g/mol. The van der Waals surface area contributed by atoms with Gasteiger partial charge < -0.3 is 4.57 Å². The number of halogens is 2. The van der Waals surface area contributed by atoms with Crippen LogP contribution in [0.3, 0.4) is 0 Å². The van der Waals surface area contributed by atoms with Gasteiger partial charge in [0.1, 0.15) is 16.6 Å². The first-order valence-corrected chi connectivity index (χ1v) is 6.84. The summed E-state index contributed by atoms with van der Waals surface area (Å²) >= 11 is 9.75. The van der Waals surface area contributed by atoms with Crippen molar-refractivity contribution in [3.8, 4) is 0 Å². The second kappa shape index (κ2) is 4.58. The number of rotatable bonds is 2. The molecule has 0 radical (unpaired) electrons. The van der Waals surface area contributed by atoms with Crippen LogP contribution in [0.5, 0.6) is 0 Å². The van der Waals surface area contributed by atoms with Gasteiger partial charge in [-0.15, -0.1) is 0 Å². The monoisotopic (exact) mass is 315 g/mol. The van der Waals surface area contributed by atoms with E-state index in [1.54, 1.807) is 0 Å². The Bertz CT molecular complexity index is 575. The largest absolute Gasteiger partial charge is 0.318 e. The van der Waals surface area contributed by atoms with Crippen molar-refractivity contribution in [3.05, 3.63) is 21.1 Å². The van der Waals surface area contributed by atoms with Crippen molar-refractivity contribution in [3.63, 3.8) is 0 Å². The van der Waals surface area contributed by atoms with Crippen LogP contribution in [-0.2, 0) is 13.5 Å². The van der Waals surface area contributed by atoms with Crippen LogP contribution in [0.15, 0.2) is 4.47 Å². The van der Waals surface area contributed by atoms with Gasteiger partial charge in [-0.1, -0.05) is 32.4 Å². The van der Waals surface area contributed by atoms with Crippen LogP contribution in [0.2, 0.25) is 5.15 Å². The van der Waals surface area contributed by atoms with E-state index in [-0.39, 0.29) is 0 Å². The first-order valence-electron chi connectivity index (χ1n) is 5.67. The molecule has 0 aliphatic carbocycles. The Morgan fingerprint density at radius 2 is 2.00 bits per heavy atom. The standard InChI is InChI=1S/C12H15BrClN3/c1-5-7-8-9(13)10(14)17(4)12(8)16-11(15-7)6(2)3/h6H,5H2,1-4H3. The third kappa shape index (κ3) is 1.97. The molecule has 2 rings (SSSR count). The molecule has 0 bridgehead atoms. The molecule has 0 saturated heterocycles. The van der Waals surface area contributed by atoms with Gasteiger partial charge in [-0.05, 0) is 22.4 Å². The SMILES string of the molecule is CCc1nc(C(C)C)nc2c1c(Br)c(Cl)n2C. The van der Waals surface area contributed by atoms with Gasteiger partial charge in [-0.2, -0.15) is 0 Å². The summed E-state index contributed by atoms with van der Waals surface area (Å²) in [6.07, 6.45) is 0.873. The number of aryl methyl sites for hydroxylation is 2. The number of aromatic nitrogens is 3. The van der Waals surface area contributed by atoms with Gasteiger partial charge in [0.15, 0.2) is 0 Å². The van der Waals surface area contributed by atoms with E-state index in [0.717, 1.165) is 33.4 Å². The molecular formula is C12H15BrClN3. The molecule has 0 N–H and O–H groups in total. The second-order valence-corrected chi connectivity index (χ2v) is 5.55. The fraction of sp³-hybridized carbons (Fsp3) is 0.500. The third-order valence-electron chi connectivity index (χ3n) is 2.85. The van der Waals surface area contributed by atoms with Gasteiger partial charge in [-0.25, -0.2) is 9.97 Å². The van der Waals surface area contributed by atoms with E-state index < -0.39 is 0 Å². The van der Waals surface area contributed by atoms with Crippen molar-refractivity contribution in [2.45, 2.75) is 33.1 Å². The summed E-state index contributed by atoms with van der Waals surface area (Å²) in [5.74, 6) is 1.19. The topological polar surface area (TPSA) is 30.7 Å². The first kappa shape index (κ1) is 12.8. The molecule has 3 nitrogen and oxygen atoms in total. The lowest BCUT2D eigenvalue weighted by Gasteiger charge is -2.07. The Labute approximate surface area is 114 Å². The normalized spacial score (nSPS) is 11.7. The highest BCUT2D eigenvalue weighted by atomic mass is 79.9. The zero-order valence-electron chi connectivity index (χ0n) is 10.4. The van der Waals surface area contributed by atoms with Gasteiger partial charge in [0.2, 0.25) is 0 Å². The lowest BCUT2D eigenvalue weighted by atomic mass is 10.1. The number of fused-ring (bicyclic) bond motifs is 1. The van der Waals surface area contributed by atoms with E-state index in [2.05, 4.69) is 46.7 Å². The van der Waals surface area contributed by atoms with Crippen LogP contribution >= 0.6 is 27.5 Å². The predicted molar refractivity (Wildman–Crippen MR) is 74.7 cm³/mol. The summed E-state index contributed by atoms with van der Waals surface area (Å²) < 4.78 is 2.79. The number of hydrogen-bond acceptors (Lipinski definition) is 2. The van der Waals surface area contributed by atoms with Crippen molar-refractivity contribution in [2.24, 2.45) is 7.05 Å². The highest BCUT2D eigenvalue weighted by Crippen LogP contribution is 2.35. The summed E-state index contributed by atoms with van der Waals surface area (Å²) in [6, 6.07) is 0. The fourth-order valence-electron chi connectivity index (χ4n) is 1.84. The maximum absolute atomic E-state index is 6.23. The van der Waals surface area contributed by atoms with Crippen molar-refractivity contribution in [2.75, 3.05) is 0 Å². The summed E-state index contributed by atoms with van der Waals surface area (Å²) in [5, 5.41) is 1.70. The quantitative estimate of drug-likeness (QED) is 0.836. The van der Waals surface area contributed by atoms with Gasteiger partial charge >= 0.3 is 0 Å². The van der Waals surface area contributed by atoms with Crippen LogP contribution < -0.4 is 0 Å². The minimum absolute atomic E-state index is 0.317. The third-order valence-corrected chi connectivity index (χ3v) is 4.29. The van der Waals surface area contributed by atoms with E-state index in [1.165, 1.54) is 0 Å². The maximum Gasteiger partial charge on any atom is 0.146 e. The molecule has 0 aliphatic rings. The van der Waals surface area contributed by atoms with Crippen molar-refractivity contribution < 1.29 is 0 Å². The van der Waals surface area contributed by atoms with Gasteiger partial charge in [0, 0.05) is 13.0 Å². The summed E-state index contributed by atoms with van der Waals surface area (Å²) in [6.45, 7) is 6.29. The van der Waals surface area contributed by atoms with Gasteiger partial charge in [-0.3, -0.25) is 0 Å². The molecule has 0 aliphatic heterocycles. The molecule has 0 amide bonds. The molecule has 0 spiro atoms. The second-order valence-electron chi connectivity index (χ2n) is 4.40. The summed E-state index contributed by atoms with van der Waals surface area (Å²) in [4.78, 5) is 9.22. The van der Waals surface area contributed by atoms with E-state index in [1.807, 2.05) is 11.6 Å². The molecule has 0 fully saturated rings. The molecule has 5 heteroatoms. The molecule has 2 aromatic heterocycles. The zero-order chi connectivity index (χ0) is 12.7. The molecule has 2 heterocycles. The van der Waals surface area contributed by atoms with E-state index in [9.17, 15) is 0 Å². The zero-order valence-corrected chi connectivity index (χ0v) is 12.7. The van der Waals surface area contributed by atoms with Crippen LogP contribution in [0.1, 0.15) is 38.2 Å². The van der Waals surface area contributed by atoms with E-state index >= 15 is 0 Å². The van der Waals surface area contributed by atoms with Gasteiger partial charge in [0.05, 0.1) is 15.6 Å². The predicted octanol–water partition coefficient (Wildman–Crippen LogP) is 4.07. The lowest BCUT2D eigenvalue weighted by Crippen LogP contribution is -2.03. The van der Waals surface area contributed by atoms with Crippen LogP contribution in [-0.4, -0.2) is 14.5 Å². The summed E-state index contributed by atoms with van der Waals surface area (Å²) in [7, 11) is 1.92. The number of nitrogens with zero attached hydrogens (tertiary/aromatic N) is 3. The highest BCUT2D eigenvalue weighted by Gasteiger charge is 2.18. The van der Waals surface area contributed by atoms with Crippen molar-refractivity contribution >= 4 is 38.6 Å². The van der Waals surface area contributed by atoms with Crippen LogP contribution in [0.4, 0.5) is 0 Å². The van der Waals surface area contributed by atoms with Crippen molar-refractivity contribution in [1.29, 1.82) is 0 Å². The van der Waals surface area contributed by atoms with Crippen molar-refractivity contribution in [1.82, 2.24) is 14.5 Å². The molecule has 0 atom stereocenters. The van der Waals surface area contributed by atoms with Crippen LogP contribution in [0.25, 0.3) is 11.0 Å². The molecule has 17 heavy (non-hydrogen) atoms. The average Bonchev–Trinajstić information content (AvgIpc) is 2.53. The molecule has 0 saturated carbocycles. The maximum atomic E-state index is 6.23. The minimum atomic E-state index is 0.317. The molecular weight excluding hydrogens is 302 g/mol. The Morgan fingerprint density at radius 3 is 2.53 bits per heavy atom. The molecule has 92 valence electrons. The fourth-order valence-corrected chi connectivity index (χ4v) is 2.68. The van der Waals surface area contributed by atoms with Gasteiger partial charge in [0.25, 0.3) is 0 Å². The van der Waals surface area contributed by atoms with Crippen LogP contribution in [0, 0.1) is 0 Å². The number of hydrogen-bond donors (Lipinski definition) is 0. The Balaban J connectivity index is 2.87. The molecule has 0 aromatic carbocycles. The first-order chi connectivity index (χ1) is 7.97. The molecule has 2 aromatic rings. The smallest absolute Gasteiger partial charge is 0.146 e.